The van der Waals surface area contributed by atoms with Crippen LogP contribution in [-0.4, -0.2) is 36.2 Å². The summed E-state index contributed by atoms with van der Waals surface area (Å²) in [4.78, 5) is 26.0. The molecule has 0 unspecified atom stereocenters. The van der Waals surface area contributed by atoms with E-state index in [1.165, 1.54) is 14.2 Å². The van der Waals surface area contributed by atoms with E-state index in [0.29, 0.717) is 0 Å². The molecule has 5 heteroatoms. The van der Waals surface area contributed by atoms with Gasteiger partial charge in [0.25, 0.3) is 0 Å². The number of carbonyl (C=O) groups is 2. The minimum Gasteiger partial charge on any atom is -0.481 e. The number of carboxylic acid groups (broad SMARTS) is 1. The van der Waals surface area contributed by atoms with Gasteiger partial charge in [0.2, 0.25) is 5.91 Å². The van der Waals surface area contributed by atoms with Crippen molar-refractivity contribution in [3.63, 3.8) is 0 Å². The molecule has 1 N–H and O–H groups in total. The fraction of sp³-hybridized carbons (Fsp3) is 0.714. The first-order valence-corrected chi connectivity index (χ1v) is 3.52. The first kappa shape index (κ1) is 10.9. The van der Waals surface area contributed by atoms with Gasteiger partial charge in [-0.25, -0.2) is 5.06 Å². The standard InChI is InChI=1S/C7H13NO4/c1-5(4-6(9)10)7(11)8(2)12-3/h5H,4H2,1-3H3,(H,9,10)/t5-/m0/s1. The summed E-state index contributed by atoms with van der Waals surface area (Å²) >= 11 is 0. The molecule has 1 amide bonds. The van der Waals surface area contributed by atoms with E-state index in [1.54, 1.807) is 6.92 Å². The fourth-order valence-corrected chi connectivity index (χ4v) is 0.750. The summed E-state index contributed by atoms with van der Waals surface area (Å²) in [5.41, 5.74) is 0. The highest BCUT2D eigenvalue weighted by atomic mass is 16.7. The molecule has 0 spiro atoms. The molecule has 0 aliphatic heterocycles. The zero-order chi connectivity index (χ0) is 9.72. The van der Waals surface area contributed by atoms with Gasteiger partial charge < -0.3 is 5.11 Å². The second kappa shape index (κ2) is 4.71. The molecule has 0 saturated carbocycles. The molecule has 0 saturated heterocycles. The maximum absolute atomic E-state index is 11.1. The van der Waals surface area contributed by atoms with Gasteiger partial charge in [-0.3, -0.25) is 14.4 Å². The second-order valence-corrected chi connectivity index (χ2v) is 2.52. The normalized spacial score (nSPS) is 12.2. The Hall–Kier alpha value is -1.10. The van der Waals surface area contributed by atoms with Crippen molar-refractivity contribution in [1.82, 2.24) is 5.06 Å². The Balaban J connectivity index is 4.01. The first-order valence-electron chi connectivity index (χ1n) is 3.52. The zero-order valence-corrected chi connectivity index (χ0v) is 7.40. The molecule has 12 heavy (non-hydrogen) atoms. The predicted molar refractivity (Wildman–Crippen MR) is 41.2 cm³/mol. The third kappa shape index (κ3) is 3.34. The summed E-state index contributed by atoms with van der Waals surface area (Å²) in [6, 6.07) is 0. The van der Waals surface area contributed by atoms with Gasteiger partial charge in [0.05, 0.1) is 13.5 Å². The van der Waals surface area contributed by atoms with E-state index < -0.39 is 11.9 Å². The van der Waals surface area contributed by atoms with E-state index in [4.69, 9.17) is 5.11 Å². The number of nitrogens with zero attached hydrogens (tertiary/aromatic N) is 1. The van der Waals surface area contributed by atoms with Crippen LogP contribution in [0.4, 0.5) is 0 Å². The number of hydroxylamine groups is 2. The summed E-state index contributed by atoms with van der Waals surface area (Å²) in [6.07, 6.45) is -0.174. The Labute approximate surface area is 70.9 Å². The molecule has 0 aromatic rings. The van der Waals surface area contributed by atoms with Gasteiger partial charge in [-0.05, 0) is 0 Å². The molecule has 0 aromatic carbocycles. The fourth-order valence-electron chi connectivity index (χ4n) is 0.750. The third-order valence-electron chi connectivity index (χ3n) is 1.49. The number of carbonyl (C=O) groups excluding carboxylic acids is 1. The Morgan fingerprint density at radius 2 is 2.08 bits per heavy atom. The minimum atomic E-state index is -0.986. The molecule has 1 atom stereocenters. The Kier molecular flexibility index (Phi) is 4.28. The number of aliphatic carboxylic acids is 1. The highest BCUT2D eigenvalue weighted by Gasteiger charge is 2.19. The zero-order valence-electron chi connectivity index (χ0n) is 7.40. The van der Waals surface area contributed by atoms with Crippen molar-refractivity contribution in [3.8, 4) is 0 Å². The minimum absolute atomic E-state index is 0.174. The molecule has 0 radical (unpaired) electrons. The van der Waals surface area contributed by atoms with Crippen LogP contribution in [0.25, 0.3) is 0 Å². The van der Waals surface area contributed by atoms with Crippen molar-refractivity contribution in [3.05, 3.63) is 0 Å². The van der Waals surface area contributed by atoms with Crippen LogP contribution >= 0.6 is 0 Å². The van der Waals surface area contributed by atoms with E-state index in [1.807, 2.05) is 0 Å². The van der Waals surface area contributed by atoms with Crippen LogP contribution in [0, 0.1) is 5.92 Å². The third-order valence-corrected chi connectivity index (χ3v) is 1.49. The number of amides is 1. The quantitative estimate of drug-likeness (QED) is 0.616. The van der Waals surface area contributed by atoms with Crippen LogP contribution in [0.5, 0.6) is 0 Å². The van der Waals surface area contributed by atoms with E-state index in [-0.39, 0.29) is 12.3 Å². The van der Waals surface area contributed by atoms with Crippen molar-refractivity contribution < 1.29 is 19.5 Å². The number of hydrogen-bond donors (Lipinski definition) is 1. The number of hydrogen-bond acceptors (Lipinski definition) is 3. The van der Waals surface area contributed by atoms with E-state index in [2.05, 4.69) is 4.84 Å². The summed E-state index contributed by atoms with van der Waals surface area (Å²) in [6.45, 7) is 1.55. The van der Waals surface area contributed by atoms with Crippen LogP contribution < -0.4 is 0 Å². The predicted octanol–water partition coefficient (Wildman–Crippen LogP) is 0.117. The SMILES string of the molecule is CON(C)C(=O)[C@@H](C)CC(=O)O. The van der Waals surface area contributed by atoms with Gasteiger partial charge in [0, 0.05) is 13.0 Å². The number of carboxylic acids is 1. The number of rotatable bonds is 4. The van der Waals surface area contributed by atoms with Crippen LogP contribution in [0.2, 0.25) is 0 Å². The lowest BCUT2D eigenvalue weighted by molar-refractivity contribution is -0.174. The largest absolute Gasteiger partial charge is 0.481 e. The van der Waals surface area contributed by atoms with Gasteiger partial charge in [0.1, 0.15) is 0 Å². The lowest BCUT2D eigenvalue weighted by Gasteiger charge is -2.17. The van der Waals surface area contributed by atoms with Crippen LogP contribution in [0.3, 0.4) is 0 Å². The summed E-state index contributed by atoms with van der Waals surface area (Å²) in [7, 11) is 2.80. The molecule has 0 heterocycles. The van der Waals surface area contributed by atoms with Crippen molar-refractivity contribution >= 4 is 11.9 Å². The maximum Gasteiger partial charge on any atom is 0.304 e. The molecule has 5 nitrogen and oxygen atoms in total. The topological polar surface area (TPSA) is 66.8 Å². The smallest absolute Gasteiger partial charge is 0.304 e. The van der Waals surface area contributed by atoms with Crippen LogP contribution in [0.1, 0.15) is 13.3 Å². The Morgan fingerprint density at radius 1 is 1.58 bits per heavy atom. The molecular weight excluding hydrogens is 162 g/mol. The highest BCUT2D eigenvalue weighted by Crippen LogP contribution is 2.05. The van der Waals surface area contributed by atoms with E-state index in [0.717, 1.165) is 5.06 Å². The van der Waals surface area contributed by atoms with Gasteiger partial charge in [-0.2, -0.15) is 0 Å². The lowest BCUT2D eigenvalue weighted by Crippen LogP contribution is -2.31. The highest BCUT2D eigenvalue weighted by molar-refractivity contribution is 5.81. The molecule has 0 aliphatic rings. The molecule has 0 bridgehead atoms. The van der Waals surface area contributed by atoms with Crippen LogP contribution in [-0.2, 0) is 14.4 Å². The average Bonchev–Trinajstić information content (AvgIpc) is 2.00. The lowest BCUT2D eigenvalue weighted by atomic mass is 10.1. The van der Waals surface area contributed by atoms with Crippen molar-refractivity contribution in [1.29, 1.82) is 0 Å². The molecule has 0 fully saturated rings. The van der Waals surface area contributed by atoms with Crippen molar-refractivity contribution in [2.75, 3.05) is 14.2 Å². The monoisotopic (exact) mass is 175 g/mol. The molecular formula is C7H13NO4. The summed E-state index contributed by atoms with van der Waals surface area (Å²) in [5, 5.41) is 9.40. The molecule has 0 aliphatic carbocycles. The summed E-state index contributed by atoms with van der Waals surface area (Å²) < 4.78 is 0. The Morgan fingerprint density at radius 3 is 2.42 bits per heavy atom. The van der Waals surface area contributed by atoms with Gasteiger partial charge in [0.15, 0.2) is 0 Å². The van der Waals surface area contributed by atoms with Gasteiger partial charge in [-0.15, -0.1) is 0 Å². The first-order chi connectivity index (χ1) is 5.49. The average molecular weight is 175 g/mol. The molecule has 0 rings (SSSR count). The molecule has 0 aromatic heterocycles. The van der Waals surface area contributed by atoms with Crippen molar-refractivity contribution in [2.45, 2.75) is 13.3 Å². The maximum atomic E-state index is 11.1. The van der Waals surface area contributed by atoms with Crippen LogP contribution in [0.15, 0.2) is 0 Å². The summed E-state index contributed by atoms with van der Waals surface area (Å²) in [5.74, 6) is -1.87. The van der Waals surface area contributed by atoms with Gasteiger partial charge >= 0.3 is 5.97 Å². The van der Waals surface area contributed by atoms with Gasteiger partial charge in [-0.1, -0.05) is 6.92 Å². The van der Waals surface area contributed by atoms with E-state index in [9.17, 15) is 9.59 Å². The van der Waals surface area contributed by atoms with Crippen molar-refractivity contribution in [2.24, 2.45) is 5.92 Å². The molecule has 70 valence electrons. The second-order valence-electron chi connectivity index (χ2n) is 2.52. The van der Waals surface area contributed by atoms with E-state index >= 15 is 0 Å². The Bertz CT molecular complexity index is 180.